The molecule has 1 amide bonds. The molecule has 0 spiro atoms. The number of hydrogen-bond donors (Lipinski definition) is 0. The number of thiophene rings is 1. The average molecular weight is 395 g/mol. The van der Waals surface area contributed by atoms with Gasteiger partial charge >= 0.3 is 6.18 Å². The predicted octanol–water partition coefficient (Wildman–Crippen LogP) is 3.79. The number of alkyl halides is 3. The summed E-state index contributed by atoms with van der Waals surface area (Å²) in [5, 5.41) is 3.30. The summed E-state index contributed by atoms with van der Waals surface area (Å²) in [7, 11) is 0. The van der Waals surface area contributed by atoms with E-state index in [1.165, 1.54) is 39.9 Å². The van der Waals surface area contributed by atoms with Gasteiger partial charge in [0, 0.05) is 12.4 Å². The Morgan fingerprint density at radius 2 is 2.00 bits per heavy atom. The summed E-state index contributed by atoms with van der Waals surface area (Å²) < 4.78 is 41.2. The largest absolute Gasteiger partial charge is 0.391 e. The molecule has 0 aromatic carbocycles. The molecule has 0 saturated heterocycles. The Kier molecular flexibility index (Phi) is 4.58. The number of hydrogen-bond acceptors (Lipinski definition) is 5. The van der Waals surface area contributed by atoms with Crippen LogP contribution in [0.15, 0.2) is 36.5 Å². The highest BCUT2D eigenvalue weighted by Crippen LogP contribution is 2.38. The van der Waals surface area contributed by atoms with Crippen molar-refractivity contribution in [2.45, 2.75) is 37.9 Å². The van der Waals surface area contributed by atoms with Gasteiger partial charge < -0.3 is 0 Å². The Hall–Kier alpha value is -2.49. The van der Waals surface area contributed by atoms with E-state index in [9.17, 15) is 18.0 Å². The maximum atomic E-state index is 13.3. The first-order chi connectivity index (χ1) is 12.9. The minimum Gasteiger partial charge on any atom is -0.265 e. The first-order valence-electron chi connectivity index (χ1n) is 8.52. The van der Waals surface area contributed by atoms with Crippen LogP contribution in [0.1, 0.15) is 36.2 Å². The Morgan fingerprint density at radius 1 is 1.22 bits per heavy atom. The molecule has 0 radical (unpaired) electrons. The first-order valence-corrected chi connectivity index (χ1v) is 9.40. The van der Waals surface area contributed by atoms with Crippen molar-refractivity contribution >= 4 is 27.5 Å². The van der Waals surface area contributed by atoms with Crippen molar-refractivity contribution in [3.8, 4) is 0 Å². The quantitative estimate of drug-likeness (QED) is 0.677. The lowest BCUT2D eigenvalue weighted by Gasteiger charge is -2.37. The highest BCUT2D eigenvalue weighted by Gasteiger charge is 2.43. The molecule has 4 rings (SSSR count). The van der Waals surface area contributed by atoms with Crippen molar-refractivity contribution in [3.63, 3.8) is 0 Å². The average Bonchev–Trinajstić information content (AvgIpc) is 3.33. The molecule has 3 heterocycles. The van der Waals surface area contributed by atoms with Crippen LogP contribution in [-0.2, 0) is 0 Å². The SMILES string of the molecule is O=C(c1ncnc2ccsc12)N(C1CCC(C(F)(F)F)CC1)n1ccnc1. The molecular formula is C17H16F3N5OS. The van der Waals surface area contributed by atoms with Crippen LogP contribution in [0, 0.1) is 5.92 Å². The van der Waals surface area contributed by atoms with Crippen molar-refractivity contribution in [3.05, 3.63) is 42.2 Å². The van der Waals surface area contributed by atoms with Crippen LogP contribution in [0.4, 0.5) is 13.2 Å². The zero-order chi connectivity index (χ0) is 19.0. The number of carbonyl (C=O) groups is 1. The molecule has 27 heavy (non-hydrogen) atoms. The van der Waals surface area contributed by atoms with Crippen molar-refractivity contribution in [1.82, 2.24) is 19.6 Å². The third kappa shape index (κ3) is 3.41. The third-order valence-electron chi connectivity index (χ3n) is 4.90. The standard InChI is InChI=1S/C17H16F3N5OS/c18-17(19,20)11-1-3-12(4-2-11)25(24-7-6-21-10-24)16(26)14-15-13(5-8-27-15)22-9-23-14/h5-12H,1-4H2. The number of nitrogens with zero attached hydrogens (tertiary/aromatic N) is 5. The Balaban J connectivity index is 1.65. The van der Waals surface area contributed by atoms with Crippen LogP contribution in [-0.4, -0.2) is 37.8 Å². The van der Waals surface area contributed by atoms with E-state index >= 15 is 0 Å². The van der Waals surface area contributed by atoms with Crippen molar-refractivity contribution in [2.24, 2.45) is 5.92 Å². The van der Waals surface area contributed by atoms with Crippen LogP contribution >= 0.6 is 11.3 Å². The molecule has 0 atom stereocenters. The van der Waals surface area contributed by atoms with Crippen LogP contribution in [0.2, 0.25) is 0 Å². The molecule has 0 N–H and O–H groups in total. The fraction of sp³-hybridized carbons (Fsp3) is 0.412. The second-order valence-corrected chi connectivity index (χ2v) is 7.41. The summed E-state index contributed by atoms with van der Waals surface area (Å²) >= 11 is 1.36. The molecule has 3 aromatic rings. The van der Waals surface area contributed by atoms with E-state index in [2.05, 4.69) is 15.0 Å². The van der Waals surface area contributed by atoms with Crippen LogP contribution < -0.4 is 5.01 Å². The molecule has 10 heteroatoms. The van der Waals surface area contributed by atoms with E-state index in [1.54, 1.807) is 12.3 Å². The first kappa shape index (κ1) is 17.9. The molecule has 1 saturated carbocycles. The van der Waals surface area contributed by atoms with E-state index in [4.69, 9.17) is 0 Å². The predicted molar refractivity (Wildman–Crippen MR) is 94.0 cm³/mol. The van der Waals surface area contributed by atoms with Gasteiger partial charge in [0.25, 0.3) is 5.91 Å². The smallest absolute Gasteiger partial charge is 0.265 e. The van der Waals surface area contributed by atoms with Crippen molar-refractivity contribution in [2.75, 3.05) is 5.01 Å². The summed E-state index contributed by atoms with van der Waals surface area (Å²) in [6.45, 7) is 0. The van der Waals surface area contributed by atoms with Gasteiger partial charge in [-0.3, -0.25) is 4.79 Å². The van der Waals surface area contributed by atoms with E-state index in [0.29, 0.717) is 10.2 Å². The minimum atomic E-state index is -4.19. The molecule has 3 aromatic heterocycles. The number of amides is 1. The number of fused-ring (bicyclic) bond motifs is 1. The highest BCUT2D eigenvalue weighted by atomic mass is 32.1. The lowest BCUT2D eigenvalue weighted by molar-refractivity contribution is -0.182. The van der Waals surface area contributed by atoms with E-state index < -0.39 is 12.1 Å². The molecular weight excluding hydrogens is 379 g/mol. The fourth-order valence-corrected chi connectivity index (χ4v) is 4.36. The second kappa shape index (κ2) is 6.91. The van der Waals surface area contributed by atoms with Crippen LogP contribution in [0.25, 0.3) is 10.2 Å². The summed E-state index contributed by atoms with van der Waals surface area (Å²) in [4.78, 5) is 25.6. The normalized spacial score (nSPS) is 20.7. The topological polar surface area (TPSA) is 63.9 Å². The van der Waals surface area contributed by atoms with E-state index in [-0.39, 0.29) is 43.3 Å². The van der Waals surface area contributed by atoms with Gasteiger partial charge in [0.2, 0.25) is 0 Å². The minimum absolute atomic E-state index is 0.00479. The van der Waals surface area contributed by atoms with Crippen LogP contribution in [0.5, 0.6) is 0 Å². The van der Waals surface area contributed by atoms with Gasteiger partial charge in [-0.25, -0.2) is 24.6 Å². The van der Waals surface area contributed by atoms with Gasteiger partial charge in [-0.05, 0) is 37.1 Å². The van der Waals surface area contributed by atoms with Gasteiger partial charge in [-0.1, -0.05) is 0 Å². The Morgan fingerprint density at radius 3 is 2.67 bits per heavy atom. The van der Waals surface area contributed by atoms with E-state index in [0.717, 1.165) is 0 Å². The zero-order valence-corrected chi connectivity index (χ0v) is 15.0. The second-order valence-electron chi connectivity index (χ2n) is 6.50. The number of imidazole rings is 1. The van der Waals surface area contributed by atoms with Gasteiger partial charge in [0.05, 0.1) is 22.2 Å². The van der Waals surface area contributed by atoms with Gasteiger partial charge in [-0.2, -0.15) is 13.2 Å². The number of carbonyl (C=O) groups excluding carboxylic acids is 1. The summed E-state index contributed by atoms with van der Waals surface area (Å²) in [5.74, 6) is -1.67. The van der Waals surface area contributed by atoms with Crippen molar-refractivity contribution in [1.29, 1.82) is 0 Å². The molecule has 142 valence electrons. The highest BCUT2D eigenvalue weighted by molar-refractivity contribution is 7.17. The number of rotatable bonds is 3. The van der Waals surface area contributed by atoms with Gasteiger partial charge in [-0.15, -0.1) is 11.3 Å². The summed E-state index contributed by atoms with van der Waals surface area (Å²) in [6.07, 6.45) is 2.30. The van der Waals surface area contributed by atoms with Gasteiger partial charge in [0.15, 0.2) is 5.69 Å². The Bertz CT molecular complexity index is 932. The van der Waals surface area contributed by atoms with Crippen LogP contribution in [0.3, 0.4) is 0 Å². The maximum absolute atomic E-state index is 13.3. The molecule has 1 aliphatic rings. The number of halogens is 3. The van der Waals surface area contributed by atoms with Gasteiger partial charge in [0.1, 0.15) is 12.7 Å². The summed E-state index contributed by atoms with van der Waals surface area (Å²) in [6, 6.07) is 1.45. The molecule has 0 bridgehead atoms. The molecule has 0 aliphatic heterocycles. The molecule has 1 fully saturated rings. The molecule has 1 aliphatic carbocycles. The number of aromatic nitrogens is 4. The zero-order valence-electron chi connectivity index (χ0n) is 14.1. The lowest BCUT2D eigenvalue weighted by Crippen LogP contribution is -2.50. The molecule has 6 nitrogen and oxygen atoms in total. The lowest BCUT2D eigenvalue weighted by atomic mass is 9.85. The Labute approximate surface area is 156 Å². The maximum Gasteiger partial charge on any atom is 0.391 e. The van der Waals surface area contributed by atoms with Crippen molar-refractivity contribution < 1.29 is 18.0 Å². The fourth-order valence-electron chi connectivity index (χ4n) is 3.54. The molecule has 0 unspecified atom stereocenters. The monoisotopic (exact) mass is 395 g/mol. The third-order valence-corrected chi connectivity index (χ3v) is 5.81. The van der Waals surface area contributed by atoms with E-state index in [1.807, 2.05) is 5.38 Å². The summed E-state index contributed by atoms with van der Waals surface area (Å²) in [5.41, 5.74) is 0.923.